The van der Waals surface area contributed by atoms with Crippen molar-refractivity contribution in [3.63, 3.8) is 0 Å². The number of nitrogens with one attached hydrogen (secondary N) is 2. The van der Waals surface area contributed by atoms with Crippen LogP contribution in [0.15, 0.2) is 77.9 Å². The number of piperidine rings is 1. The summed E-state index contributed by atoms with van der Waals surface area (Å²) in [5, 5.41) is 8.44. The molecular formula is C32H35N5O3. The first kappa shape index (κ1) is 25.1. The van der Waals surface area contributed by atoms with E-state index < -0.39 is 11.0 Å². The van der Waals surface area contributed by atoms with Crippen LogP contribution in [0.2, 0.25) is 0 Å². The number of likely N-dealkylation sites (N-methyl/N-ethyl adjacent to an activating group) is 1. The van der Waals surface area contributed by atoms with Gasteiger partial charge in [0.1, 0.15) is 17.0 Å². The lowest BCUT2D eigenvalue weighted by atomic mass is 9.54. The van der Waals surface area contributed by atoms with Gasteiger partial charge in [-0.25, -0.2) is 0 Å². The molecule has 7 rings (SSSR count). The Kier molecular flexibility index (Phi) is 5.70. The van der Waals surface area contributed by atoms with Crippen LogP contribution >= 0.6 is 0 Å². The van der Waals surface area contributed by atoms with E-state index in [0.29, 0.717) is 6.54 Å². The van der Waals surface area contributed by atoms with E-state index in [4.69, 9.17) is 14.6 Å². The van der Waals surface area contributed by atoms with Gasteiger partial charge in [-0.05, 0) is 55.6 Å². The topological polar surface area (TPSA) is 78.4 Å². The highest BCUT2D eigenvalue weighted by Gasteiger charge is 2.74. The predicted molar refractivity (Wildman–Crippen MR) is 155 cm³/mol. The first-order valence-electron chi connectivity index (χ1n) is 13.9. The molecule has 8 nitrogen and oxygen atoms in total. The molecule has 2 spiro atoms. The van der Waals surface area contributed by atoms with E-state index in [9.17, 15) is 4.79 Å². The van der Waals surface area contributed by atoms with Crippen molar-refractivity contribution in [3.05, 3.63) is 89.5 Å². The van der Waals surface area contributed by atoms with Gasteiger partial charge in [0.15, 0.2) is 0 Å². The van der Waals surface area contributed by atoms with Crippen LogP contribution in [-0.2, 0) is 10.3 Å². The lowest BCUT2D eigenvalue weighted by Gasteiger charge is -2.53. The largest absolute Gasteiger partial charge is 0.497 e. The number of hydrogen-bond acceptors (Lipinski definition) is 7. The second-order valence-electron chi connectivity index (χ2n) is 11.6. The zero-order chi connectivity index (χ0) is 27.6. The van der Waals surface area contributed by atoms with Gasteiger partial charge in [-0.15, -0.1) is 0 Å². The summed E-state index contributed by atoms with van der Waals surface area (Å²) in [6.45, 7) is 2.28. The molecule has 40 heavy (non-hydrogen) atoms. The first-order chi connectivity index (χ1) is 19.4. The second kappa shape index (κ2) is 9.08. The number of hydrazone groups is 1. The number of carbonyl (C=O) groups is 1. The predicted octanol–water partition coefficient (Wildman–Crippen LogP) is 3.83. The summed E-state index contributed by atoms with van der Waals surface area (Å²) in [6.07, 6.45) is 0. The van der Waals surface area contributed by atoms with Gasteiger partial charge in [0, 0.05) is 42.7 Å². The zero-order valence-electron chi connectivity index (χ0n) is 23.3. The molecule has 4 heterocycles. The monoisotopic (exact) mass is 537 g/mol. The van der Waals surface area contributed by atoms with E-state index in [0.717, 1.165) is 47.1 Å². The lowest BCUT2D eigenvalue weighted by Crippen LogP contribution is -2.66. The van der Waals surface area contributed by atoms with Gasteiger partial charge in [-0.3, -0.25) is 9.69 Å². The minimum atomic E-state index is -0.906. The average molecular weight is 538 g/mol. The van der Waals surface area contributed by atoms with Gasteiger partial charge in [-0.1, -0.05) is 42.5 Å². The molecule has 8 heteroatoms. The molecule has 1 amide bonds. The van der Waals surface area contributed by atoms with Gasteiger partial charge >= 0.3 is 0 Å². The number of anilines is 1. The smallest absolute Gasteiger partial charge is 0.250 e. The summed E-state index contributed by atoms with van der Waals surface area (Å²) in [6, 6.07) is 24.8. The van der Waals surface area contributed by atoms with Gasteiger partial charge < -0.3 is 25.1 Å². The number of rotatable bonds is 4. The average Bonchev–Trinajstić information content (AvgIpc) is 3.61. The van der Waals surface area contributed by atoms with Crippen LogP contribution in [0, 0.1) is 11.3 Å². The molecule has 0 aliphatic carbocycles. The number of carbonyl (C=O) groups excluding carboxylic acids is 1. The summed E-state index contributed by atoms with van der Waals surface area (Å²) in [5.41, 5.74) is 7.36. The Morgan fingerprint density at radius 2 is 1.52 bits per heavy atom. The Labute approximate surface area is 235 Å². The summed E-state index contributed by atoms with van der Waals surface area (Å²) >= 11 is 0. The van der Waals surface area contributed by atoms with E-state index in [1.807, 2.05) is 42.5 Å². The highest BCUT2D eigenvalue weighted by Crippen LogP contribution is 2.65. The second-order valence-corrected chi connectivity index (χ2v) is 11.6. The summed E-state index contributed by atoms with van der Waals surface area (Å²) in [5.74, 6) is 1.80. The Bertz CT molecular complexity index is 1490. The molecule has 0 aromatic heterocycles. The molecule has 4 aliphatic rings. The maximum atomic E-state index is 14.5. The summed E-state index contributed by atoms with van der Waals surface area (Å²) in [4.78, 5) is 19.1. The quantitative estimate of drug-likeness (QED) is 0.527. The molecule has 0 bridgehead atoms. The molecule has 5 atom stereocenters. The minimum absolute atomic E-state index is 0.000266. The van der Waals surface area contributed by atoms with Crippen molar-refractivity contribution >= 4 is 17.3 Å². The van der Waals surface area contributed by atoms with Gasteiger partial charge in [0.2, 0.25) is 0 Å². The van der Waals surface area contributed by atoms with Crippen LogP contribution in [0.25, 0.3) is 0 Å². The van der Waals surface area contributed by atoms with Gasteiger partial charge in [-0.2, -0.15) is 5.10 Å². The molecule has 2 saturated heterocycles. The van der Waals surface area contributed by atoms with Crippen LogP contribution in [0.3, 0.4) is 0 Å². The van der Waals surface area contributed by atoms with E-state index in [1.165, 1.54) is 5.56 Å². The molecule has 2 unspecified atom stereocenters. The van der Waals surface area contributed by atoms with Crippen molar-refractivity contribution in [3.8, 4) is 11.5 Å². The maximum absolute atomic E-state index is 14.5. The van der Waals surface area contributed by atoms with Crippen molar-refractivity contribution in [2.24, 2.45) is 16.4 Å². The number of amides is 1. The SMILES string of the molecule is COc1ccc(C2NN=C3C2CN(C)C[C@@]32[C@H](c3ccc(OC)cc3)CN(C)[C@]23C(=O)Nc2ccccc23)cc1. The van der Waals surface area contributed by atoms with Crippen molar-refractivity contribution in [2.75, 3.05) is 53.3 Å². The van der Waals surface area contributed by atoms with Crippen molar-refractivity contribution in [1.29, 1.82) is 0 Å². The number of methoxy groups -OCH3 is 2. The number of ether oxygens (including phenoxy) is 2. The number of hydrogen-bond donors (Lipinski definition) is 2. The Morgan fingerprint density at radius 3 is 2.20 bits per heavy atom. The fraction of sp³-hybridized carbons (Fsp3) is 0.375. The van der Waals surface area contributed by atoms with E-state index in [2.05, 4.69) is 65.0 Å². The van der Waals surface area contributed by atoms with Gasteiger partial charge in [0.05, 0.1) is 31.4 Å². The molecule has 2 N–H and O–H groups in total. The third-order valence-corrected chi connectivity index (χ3v) is 9.72. The third-order valence-electron chi connectivity index (χ3n) is 9.72. The Hall–Kier alpha value is -3.88. The van der Waals surface area contributed by atoms with Crippen molar-refractivity contribution in [2.45, 2.75) is 17.5 Å². The van der Waals surface area contributed by atoms with Crippen LogP contribution < -0.4 is 20.2 Å². The molecule has 206 valence electrons. The fourth-order valence-corrected chi connectivity index (χ4v) is 8.16. The third kappa shape index (κ3) is 3.20. The number of benzene rings is 3. The molecular weight excluding hydrogens is 502 g/mol. The molecule has 3 aromatic rings. The molecule has 2 fully saturated rings. The van der Waals surface area contributed by atoms with Crippen LogP contribution in [0.5, 0.6) is 11.5 Å². The van der Waals surface area contributed by atoms with Crippen molar-refractivity contribution in [1.82, 2.24) is 15.2 Å². The van der Waals surface area contributed by atoms with Crippen molar-refractivity contribution < 1.29 is 14.3 Å². The van der Waals surface area contributed by atoms with Crippen LogP contribution in [0.1, 0.15) is 28.7 Å². The Morgan fingerprint density at radius 1 is 0.875 bits per heavy atom. The minimum Gasteiger partial charge on any atom is -0.497 e. The normalized spacial score (nSPS) is 31.1. The van der Waals surface area contributed by atoms with Gasteiger partial charge in [0.25, 0.3) is 5.91 Å². The number of para-hydroxylation sites is 1. The van der Waals surface area contributed by atoms with E-state index >= 15 is 0 Å². The first-order valence-corrected chi connectivity index (χ1v) is 13.9. The highest BCUT2D eigenvalue weighted by atomic mass is 16.5. The lowest BCUT2D eigenvalue weighted by molar-refractivity contribution is -0.130. The van der Waals surface area contributed by atoms with E-state index in [-0.39, 0.29) is 23.8 Å². The maximum Gasteiger partial charge on any atom is 0.250 e. The van der Waals surface area contributed by atoms with E-state index in [1.54, 1.807) is 14.2 Å². The Balaban J connectivity index is 1.44. The molecule has 4 aliphatic heterocycles. The number of likely N-dealkylation sites (tertiary alicyclic amines) is 2. The molecule has 0 radical (unpaired) electrons. The summed E-state index contributed by atoms with van der Waals surface area (Å²) < 4.78 is 10.9. The molecule has 3 aromatic carbocycles. The van der Waals surface area contributed by atoms with Crippen LogP contribution in [-0.4, -0.2) is 69.4 Å². The molecule has 0 saturated carbocycles. The number of fused-ring (bicyclic) bond motifs is 5. The number of nitrogens with zero attached hydrogens (tertiary/aromatic N) is 3. The van der Waals surface area contributed by atoms with Crippen LogP contribution in [0.4, 0.5) is 5.69 Å². The fourth-order valence-electron chi connectivity index (χ4n) is 8.16. The zero-order valence-corrected chi connectivity index (χ0v) is 23.3. The highest BCUT2D eigenvalue weighted by molar-refractivity contribution is 6.13. The summed E-state index contributed by atoms with van der Waals surface area (Å²) in [7, 11) is 7.65. The standard InChI is InChI=1S/C32H35N5O3/c1-36-17-24-28(21-11-15-23(40-4)16-12-21)34-35-29(24)31(19-36)26(20-9-13-22(39-3)14-10-20)18-37(2)32(31)25-7-5-6-8-27(25)33-30(32)38/h5-16,24,26,28,34H,17-19H2,1-4H3,(H,33,38)/t24?,26-,28?,31+,32+/m0/s1.